The van der Waals surface area contributed by atoms with Crippen molar-refractivity contribution in [1.29, 1.82) is 0 Å². The van der Waals surface area contributed by atoms with Gasteiger partial charge in [0.1, 0.15) is 36.1 Å². The van der Waals surface area contributed by atoms with Gasteiger partial charge in [-0.15, -0.1) is 0 Å². The molecule has 0 bridgehead atoms. The Labute approximate surface area is 341 Å². The Morgan fingerprint density at radius 2 is 1.34 bits per heavy atom. The SMILES string of the molecule is CCCN(Cc1ncc(-c2ccc(OCc3ccc(-c4cnc([C@@H]5CCCN5C(=O)[C@@H](c5ccccc5)N(C)C)[nH]4)cc3)cc2)[nH]1)C(=O)C(c1ccccc1)N(C)C. The lowest BCUT2D eigenvalue weighted by Crippen LogP contribution is -2.40. The number of rotatable bonds is 16. The van der Waals surface area contributed by atoms with Crippen LogP contribution < -0.4 is 4.74 Å². The van der Waals surface area contributed by atoms with Gasteiger partial charge in [0.05, 0.1) is 36.4 Å². The average molecular weight is 779 g/mol. The van der Waals surface area contributed by atoms with Crippen molar-refractivity contribution < 1.29 is 14.3 Å². The molecule has 0 radical (unpaired) electrons. The van der Waals surface area contributed by atoms with Crippen molar-refractivity contribution in [3.05, 3.63) is 150 Å². The Bertz CT molecular complexity index is 2230. The van der Waals surface area contributed by atoms with Crippen LogP contribution in [0.4, 0.5) is 0 Å². The molecule has 2 aromatic heterocycles. The second-order valence-corrected chi connectivity index (χ2v) is 15.4. The molecule has 58 heavy (non-hydrogen) atoms. The van der Waals surface area contributed by atoms with Crippen LogP contribution in [0.25, 0.3) is 22.5 Å². The van der Waals surface area contributed by atoms with Gasteiger partial charge in [0.25, 0.3) is 0 Å². The van der Waals surface area contributed by atoms with Crippen molar-refractivity contribution in [3.8, 4) is 28.3 Å². The van der Waals surface area contributed by atoms with Crippen molar-refractivity contribution in [1.82, 2.24) is 39.5 Å². The fourth-order valence-electron chi connectivity index (χ4n) is 7.88. The summed E-state index contributed by atoms with van der Waals surface area (Å²) in [5, 5.41) is 0. The fourth-order valence-corrected chi connectivity index (χ4v) is 7.88. The Morgan fingerprint density at radius 1 is 0.759 bits per heavy atom. The van der Waals surface area contributed by atoms with Crippen LogP contribution in [-0.2, 0) is 22.7 Å². The minimum atomic E-state index is -0.368. The van der Waals surface area contributed by atoms with E-state index in [4.69, 9.17) is 9.72 Å². The van der Waals surface area contributed by atoms with Gasteiger partial charge in [-0.1, -0.05) is 91.9 Å². The predicted octanol–water partition coefficient (Wildman–Crippen LogP) is 8.05. The smallest absolute Gasteiger partial charge is 0.245 e. The summed E-state index contributed by atoms with van der Waals surface area (Å²) in [4.78, 5) is 51.8. The van der Waals surface area contributed by atoms with E-state index < -0.39 is 0 Å². The molecule has 11 heteroatoms. The lowest BCUT2D eigenvalue weighted by Gasteiger charge is -2.31. The van der Waals surface area contributed by atoms with Crippen LogP contribution in [0.5, 0.6) is 5.75 Å². The highest BCUT2D eigenvalue weighted by Gasteiger charge is 2.37. The number of aromatic nitrogens is 4. The summed E-state index contributed by atoms with van der Waals surface area (Å²) in [6.07, 6.45) is 6.35. The number of H-pyrrole nitrogens is 2. The molecule has 1 unspecified atom stereocenters. The summed E-state index contributed by atoms with van der Waals surface area (Å²) >= 11 is 0. The van der Waals surface area contributed by atoms with Crippen LogP contribution in [0.1, 0.15) is 72.7 Å². The van der Waals surface area contributed by atoms with Crippen molar-refractivity contribution in [2.24, 2.45) is 0 Å². The Balaban J connectivity index is 0.939. The van der Waals surface area contributed by atoms with Gasteiger partial charge in [-0.3, -0.25) is 19.4 Å². The minimum Gasteiger partial charge on any atom is -0.489 e. The molecule has 0 spiro atoms. The zero-order chi connectivity index (χ0) is 40.6. The summed E-state index contributed by atoms with van der Waals surface area (Å²) in [6.45, 7) is 4.26. The number of hydrogen-bond acceptors (Lipinski definition) is 7. The Morgan fingerprint density at radius 3 is 1.97 bits per heavy atom. The Hall–Kier alpha value is -6.04. The van der Waals surface area contributed by atoms with E-state index in [1.807, 2.05) is 145 Å². The van der Waals surface area contributed by atoms with E-state index in [1.165, 1.54) is 0 Å². The molecular formula is C47H54N8O3. The second kappa shape index (κ2) is 18.5. The third kappa shape index (κ3) is 9.22. The first kappa shape index (κ1) is 40.2. The highest BCUT2D eigenvalue weighted by Crippen LogP contribution is 2.35. The van der Waals surface area contributed by atoms with Gasteiger partial charge < -0.3 is 24.5 Å². The van der Waals surface area contributed by atoms with E-state index in [2.05, 4.69) is 46.1 Å². The molecule has 300 valence electrons. The van der Waals surface area contributed by atoms with Gasteiger partial charge in [-0.25, -0.2) is 9.97 Å². The highest BCUT2D eigenvalue weighted by atomic mass is 16.5. The molecule has 6 aromatic rings. The first-order valence-electron chi connectivity index (χ1n) is 20.1. The van der Waals surface area contributed by atoms with Gasteiger partial charge in [0, 0.05) is 13.1 Å². The number of ether oxygens (including phenoxy) is 1. The van der Waals surface area contributed by atoms with Gasteiger partial charge in [-0.2, -0.15) is 0 Å². The first-order chi connectivity index (χ1) is 28.2. The maximum absolute atomic E-state index is 13.9. The summed E-state index contributed by atoms with van der Waals surface area (Å²) in [6, 6.07) is 35.3. The molecule has 1 aliphatic rings. The normalized spacial score (nSPS) is 15.2. The van der Waals surface area contributed by atoms with E-state index in [-0.39, 0.29) is 29.9 Å². The van der Waals surface area contributed by atoms with Crippen molar-refractivity contribution in [2.75, 3.05) is 41.3 Å². The maximum atomic E-state index is 13.9. The third-order valence-electron chi connectivity index (χ3n) is 10.8. The molecule has 3 heterocycles. The average Bonchev–Trinajstić information content (AvgIpc) is 4.03. The van der Waals surface area contributed by atoms with Gasteiger partial charge in [0.2, 0.25) is 11.8 Å². The van der Waals surface area contributed by atoms with Crippen LogP contribution >= 0.6 is 0 Å². The zero-order valence-corrected chi connectivity index (χ0v) is 34.1. The fraction of sp³-hybridized carbons (Fsp3) is 0.319. The predicted molar refractivity (Wildman–Crippen MR) is 228 cm³/mol. The zero-order valence-electron chi connectivity index (χ0n) is 34.1. The largest absolute Gasteiger partial charge is 0.489 e. The Kier molecular flexibility index (Phi) is 12.8. The number of carbonyl (C=O) groups excluding carboxylic acids is 2. The number of likely N-dealkylation sites (tertiary alicyclic amines) is 1. The van der Waals surface area contributed by atoms with Gasteiger partial charge in [-0.05, 0) is 99.5 Å². The summed E-state index contributed by atoms with van der Waals surface area (Å²) in [5.74, 6) is 2.48. The lowest BCUT2D eigenvalue weighted by molar-refractivity contribution is -0.138. The molecule has 4 aromatic carbocycles. The maximum Gasteiger partial charge on any atom is 0.245 e. The van der Waals surface area contributed by atoms with E-state index in [1.54, 1.807) is 0 Å². The molecule has 11 nitrogen and oxygen atoms in total. The number of amides is 2. The number of imidazole rings is 2. The van der Waals surface area contributed by atoms with Crippen molar-refractivity contribution in [2.45, 2.75) is 57.5 Å². The summed E-state index contributed by atoms with van der Waals surface area (Å²) in [7, 11) is 7.79. The van der Waals surface area contributed by atoms with Crippen LogP contribution in [0, 0.1) is 0 Å². The van der Waals surface area contributed by atoms with Crippen LogP contribution in [0.15, 0.2) is 122 Å². The molecular weight excluding hydrogens is 725 g/mol. The minimum absolute atomic E-state index is 0.0565. The number of aromatic amines is 2. The monoisotopic (exact) mass is 778 g/mol. The van der Waals surface area contributed by atoms with E-state index in [0.717, 1.165) is 75.9 Å². The van der Waals surface area contributed by atoms with Crippen molar-refractivity contribution >= 4 is 11.8 Å². The number of likely N-dealkylation sites (N-methyl/N-ethyl adjacent to an activating group) is 2. The van der Waals surface area contributed by atoms with E-state index >= 15 is 0 Å². The van der Waals surface area contributed by atoms with Crippen LogP contribution in [0.3, 0.4) is 0 Å². The van der Waals surface area contributed by atoms with E-state index in [9.17, 15) is 9.59 Å². The number of carbonyl (C=O) groups is 2. The molecule has 2 N–H and O–H groups in total. The molecule has 0 saturated carbocycles. The van der Waals surface area contributed by atoms with E-state index in [0.29, 0.717) is 26.2 Å². The molecule has 1 saturated heterocycles. The lowest BCUT2D eigenvalue weighted by atomic mass is 10.0. The summed E-state index contributed by atoms with van der Waals surface area (Å²) < 4.78 is 6.16. The van der Waals surface area contributed by atoms with Crippen LogP contribution in [0.2, 0.25) is 0 Å². The quantitative estimate of drug-likeness (QED) is 0.102. The van der Waals surface area contributed by atoms with Gasteiger partial charge in [0.15, 0.2) is 0 Å². The number of hydrogen-bond donors (Lipinski definition) is 2. The molecule has 2 amide bonds. The molecule has 3 atom stereocenters. The molecule has 0 aliphatic carbocycles. The first-order valence-corrected chi connectivity index (χ1v) is 20.1. The highest BCUT2D eigenvalue weighted by molar-refractivity contribution is 5.84. The topological polar surface area (TPSA) is 114 Å². The standard InChI is InChI=1S/C47H54N8O3/c1-6-27-54(46(56)43(52(2)3)36-14-9-7-10-15-36)31-42-48-29-39(50-42)35-23-25-38(26-24-35)58-32-33-19-21-34(22-20-33)40-30-49-45(51-40)41-18-13-28-55(41)47(57)44(53(4)5)37-16-11-8-12-17-37/h7-12,14-17,19-26,29-30,41,43-44H,6,13,18,27-28,31-32H2,1-5H3,(H,48,50)(H,49,51)/t41-,43?,44+/m0/s1. The van der Waals surface area contributed by atoms with Crippen LogP contribution in [-0.4, -0.2) is 92.6 Å². The number of nitrogens with one attached hydrogen (secondary N) is 2. The van der Waals surface area contributed by atoms with Crippen molar-refractivity contribution in [3.63, 3.8) is 0 Å². The summed E-state index contributed by atoms with van der Waals surface area (Å²) in [5.41, 5.74) is 6.82. The third-order valence-corrected chi connectivity index (χ3v) is 10.8. The number of benzene rings is 4. The molecule has 1 aliphatic heterocycles. The number of nitrogens with zero attached hydrogens (tertiary/aromatic N) is 6. The second-order valence-electron chi connectivity index (χ2n) is 15.4. The van der Waals surface area contributed by atoms with Gasteiger partial charge >= 0.3 is 0 Å². The molecule has 7 rings (SSSR count). The molecule has 1 fully saturated rings.